The van der Waals surface area contributed by atoms with Crippen molar-refractivity contribution in [3.05, 3.63) is 17.7 Å². The van der Waals surface area contributed by atoms with E-state index in [0.717, 1.165) is 32.4 Å². The highest BCUT2D eigenvalue weighted by Crippen LogP contribution is 2.30. The Bertz CT molecular complexity index is 460. The van der Waals surface area contributed by atoms with Crippen LogP contribution in [0.5, 0.6) is 0 Å². The zero-order valence-corrected chi connectivity index (χ0v) is 11.2. The van der Waals surface area contributed by atoms with Gasteiger partial charge >= 0.3 is 0 Å². The number of nitrogens with zero attached hydrogens (tertiary/aromatic N) is 3. The molecule has 4 heteroatoms. The van der Waals surface area contributed by atoms with Crippen molar-refractivity contribution in [2.45, 2.75) is 52.1 Å². The lowest BCUT2D eigenvalue weighted by Crippen LogP contribution is -2.42. The molecule has 1 fully saturated rings. The molecule has 0 spiro atoms. The van der Waals surface area contributed by atoms with Crippen LogP contribution >= 0.6 is 0 Å². The smallest absolute Gasteiger partial charge is 0.226 e. The quantitative estimate of drug-likeness (QED) is 0.803. The number of aromatic nitrogens is 2. The Morgan fingerprint density at radius 2 is 2.22 bits per heavy atom. The summed E-state index contributed by atoms with van der Waals surface area (Å²) in [5.74, 6) is 0.672. The van der Waals surface area contributed by atoms with Crippen LogP contribution in [0, 0.1) is 5.92 Å². The fourth-order valence-corrected chi connectivity index (χ4v) is 2.85. The third kappa shape index (κ3) is 1.84. The van der Waals surface area contributed by atoms with Crippen LogP contribution in [0.1, 0.15) is 50.5 Å². The van der Waals surface area contributed by atoms with Gasteiger partial charge in [0.05, 0.1) is 24.3 Å². The minimum atomic E-state index is 0.307. The molecule has 0 atom stereocenters. The minimum absolute atomic E-state index is 0.307. The summed E-state index contributed by atoms with van der Waals surface area (Å²) >= 11 is 0. The molecule has 1 aliphatic carbocycles. The molecule has 0 aromatic carbocycles. The maximum Gasteiger partial charge on any atom is 0.226 e. The first kappa shape index (κ1) is 11.8. The molecule has 1 amide bonds. The third-order valence-electron chi connectivity index (χ3n) is 4.26. The Morgan fingerprint density at radius 1 is 1.44 bits per heavy atom. The van der Waals surface area contributed by atoms with Crippen LogP contribution < -0.4 is 0 Å². The zero-order valence-electron chi connectivity index (χ0n) is 11.2. The first-order valence-electron chi connectivity index (χ1n) is 7.00. The summed E-state index contributed by atoms with van der Waals surface area (Å²) in [6.07, 6.45) is 6.23. The van der Waals surface area contributed by atoms with Gasteiger partial charge in [0.1, 0.15) is 0 Å². The highest BCUT2D eigenvalue weighted by atomic mass is 16.2. The number of hydrogen-bond acceptors (Lipinski definition) is 2. The third-order valence-corrected chi connectivity index (χ3v) is 4.26. The largest absolute Gasteiger partial charge is 0.336 e. The number of carbonyl (C=O) groups is 1. The van der Waals surface area contributed by atoms with Crippen molar-refractivity contribution in [2.75, 3.05) is 6.54 Å². The summed E-state index contributed by atoms with van der Waals surface area (Å²) in [4.78, 5) is 18.8. The Balaban J connectivity index is 1.78. The summed E-state index contributed by atoms with van der Waals surface area (Å²) in [7, 11) is 0. The molecular weight excluding hydrogens is 226 g/mol. The number of fused-ring (bicyclic) bond motifs is 1. The predicted octanol–water partition coefficient (Wildman–Crippen LogP) is 2.15. The van der Waals surface area contributed by atoms with Crippen molar-refractivity contribution < 1.29 is 4.79 Å². The fourth-order valence-electron chi connectivity index (χ4n) is 2.85. The lowest BCUT2D eigenvalue weighted by molar-refractivity contribution is -0.139. The molecule has 1 aliphatic heterocycles. The van der Waals surface area contributed by atoms with Gasteiger partial charge in [0, 0.05) is 24.9 Å². The average molecular weight is 247 g/mol. The molecular formula is C14H21N3O. The highest BCUT2D eigenvalue weighted by molar-refractivity contribution is 5.79. The van der Waals surface area contributed by atoms with Crippen molar-refractivity contribution in [3.8, 4) is 0 Å². The van der Waals surface area contributed by atoms with Crippen LogP contribution in [0.2, 0.25) is 0 Å². The molecule has 98 valence electrons. The standard InChI is InChI=1S/C14H21N3O/c1-10(2)17-9-15-12-6-7-16(8-13(12)17)14(18)11-4-3-5-11/h9-11H,3-8H2,1-2H3. The number of carbonyl (C=O) groups excluding carboxylic acids is 1. The monoisotopic (exact) mass is 247 g/mol. The summed E-state index contributed by atoms with van der Waals surface area (Å²) in [6.45, 7) is 5.92. The van der Waals surface area contributed by atoms with E-state index in [-0.39, 0.29) is 0 Å². The average Bonchev–Trinajstić information content (AvgIpc) is 2.68. The molecule has 0 N–H and O–H groups in total. The van der Waals surface area contributed by atoms with Gasteiger partial charge in [-0.05, 0) is 26.7 Å². The Morgan fingerprint density at radius 3 is 2.83 bits per heavy atom. The van der Waals surface area contributed by atoms with Gasteiger partial charge in [-0.1, -0.05) is 6.42 Å². The van der Waals surface area contributed by atoms with E-state index in [4.69, 9.17) is 0 Å². The maximum absolute atomic E-state index is 12.3. The van der Waals surface area contributed by atoms with Gasteiger partial charge in [0.2, 0.25) is 5.91 Å². The normalized spacial score (nSPS) is 19.8. The summed E-state index contributed by atoms with van der Waals surface area (Å²) in [5, 5.41) is 0. The molecule has 2 heterocycles. The molecule has 1 aromatic rings. The lowest BCUT2D eigenvalue weighted by atomic mass is 9.84. The van der Waals surface area contributed by atoms with E-state index in [1.807, 2.05) is 11.2 Å². The molecule has 0 unspecified atom stereocenters. The van der Waals surface area contributed by atoms with Crippen molar-refractivity contribution in [1.29, 1.82) is 0 Å². The van der Waals surface area contributed by atoms with E-state index in [2.05, 4.69) is 23.4 Å². The Hall–Kier alpha value is -1.32. The molecule has 4 nitrogen and oxygen atoms in total. The summed E-state index contributed by atoms with van der Waals surface area (Å²) in [5.41, 5.74) is 2.42. The first-order valence-corrected chi connectivity index (χ1v) is 7.00. The van der Waals surface area contributed by atoms with Gasteiger partial charge < -0.3 is 9.47 Å². The molecule has 1 saturated carbocycles. The van der Waals surface area contributed by atoms with E-state index in [0.29, 0.717) is 17.9 Å². The van der Waals surface area contributed by atoms with E-state index in [1.54, 1.807) is 0 Å². The number of imidazole rings is 1. The Kier molecular flexibility index (Phi) is 2.88. The second-order valence-electron chi connectivity index (χ2n) is 5.78. The first-order chi connectivity index (χ1) is 8.66. The van der Waals surface area contributed by atoms with Crippen molar-refractivity contribution in [2.24, 2.45) is 5.92 Å². The van der Waals surface area contributed by atoms with E-state index in [9.17, 15) is 4.79 Å². The number of amides is 1. The van der Waals surface area contributed by atoms with Crippen molar-refractivity contribution in [1.82, 2.24) is 14.5 Å². The molecule has 0 radical (unpaired) electrons. The SMILES string of the molecule is CC(C)n1cnc2c1CN(C(=O)C1CCC1)CC2. The highest BCUT2D eigenvalue weighted by Gasteiger charge is 2.32. The fraction of sp³-hybridized carbons (Fsp3) is 0.714. The molecule has 2 aliphatic rings. The van der Waals surface area contributed by atoms with E-state index >= 15 is 0 Å². The van der Waals surface area contributed by atoms with Crippen LogP contribution in [0.15, 0.2) is 6.33 Å². The molecule has 0 saturated heterocycles. The van der Waals surface area contributed by atoms with Crippen LogP contribution in [-0.4, -0.2) is 26.9 Å². The van der Waals surface area contributed by atoms with Crippen molar-refractivity contribution >= 4 is 5.91 Å². The van der Waals surface area contributed by atoms with Gasteiger partial charge in [0.25, 0.3) is 0 Å². The minimum Gasteiger partial charge on any atom is -0.336 e. The second kappa shape index (κ2) is 4.41. The summed E-state index contributed by atoms with van der Waals surface area (Å²) in [6, 6.07) is 0.417. The van der Waals surface area contributed by atoms with Crippen molar-refractivity contribution in [3.63, 3.8) is 0 Å². The van der Waals surface area contributed by atoms with Crippen LogP contribution in [-0.2, 0) is 17.8 Å². The predicted molar refractivity (Wildman–Crippen MR) is 69.1 cm³/mol. The lowest BCUT2D eigenvalue weighted by Gasteiger charge is -2.34. The van der Waals surface area contributed by atoms with Crippen LogP contribution in [0.25, 0.3) is 0 Å². The van der Waals surface area contributed by atoms with Gasteiger partial charge in [-0.25, -0.2) is 4.98 Å². The number of hydrogen-bond donors (Lipinski definition) is 0. The van der Waals surface area contributed by atoms with Gasteiger partial charge in [-0.15, -0.1) is 0 Å². The van der Waals surface area contributed by atoms with Gasteiger partial charge in [0.15, 0.2) is 0 Å². The van der Waals surface area contributed by atoms with Gasteiger partial charge in [-0.3, -0.25) is 4.79 Å². The van der Waals surface area contributed by atoms with E-state index in [1.165, 1.54) is 17.8 Å². The number of rotatable bonds is 2. The second-order valence-corrected chi connectivity index (χ2v) is 5.78. The van der Waals surface area contributed by atoms with Crippen LogP contribution in [0.3, 0.4) is 0 Å². The zero-order chi connectivity index (χ0) is 12.7. The molecule has 1 aromatic heterocycles. The maximum atomic E-state index is 12.3. The van der Waals surface area contributed by atoms with Crippen LogP contribution in [0.4, 0.5) is 0 Å². The Labute approximate surface area is 108 Å². The van der Waals surface area contributed by atoms with E-state index < -0.39 is 0 Å². The molecule has 3 rings (SSSR count). The topological polar surface area (TPSA) is 38.1 Å². The molecule has 0 bridgehead atoms. The summed E-state index contributed by atoms with van der Waals surface area (Å²) < 4.78 is 2.20. The molecule has 18 heavy (non-hydrogen) atoms. The van der Waals surface area contributed by atoms with Gasteiger partial charge in [-0.2, -0.15) is 0 Å².